The van der Waals surface area contributed by atoms with Crippen LogP contribution in [0.4, 0.5) is 0 Å². The summed E-state index contributed by atoms with van der Waals surface area (Å²) in [6.07, 6.45) is 4.31. The smallest absolute Gasteiger partial charge is 0.251 e. The first kappa shape index (κ1) is 14.7. The normalized spacial score (nSPS) is 11.0. The molecule has 0 aliphatic carbocycles. The van der Waals surface area contributed by atoms with Crippen molar-refractivity contribution >= 4 is 52.5 Å². The average molecular weight is 382 g/mol. The summed E-state index contributed by atoms with van der Waals surface area (Å²) in [5.74, 6) is 0.644. The van der Waals surface area contributed by atoms with Gasteiger partial charge in [-0.3, -0.25) is 4.79 Å². The van der Waals surface area contributed by atoms with Gasteiger partial charge in [-0.05, 0) is 40.3 Å². The molecule has 0 fully saturated rings. The van der Waals surface area contributed by atoms with Crippen molar-refractivity contribution in [2.45, 2.75) is 12.7 Å². The Bertz CT molecular complexity index is 785. The third kappa shape index (κ3) is 3.03. The third-order valence-corrected chi connectivity index (χ3v) is 6.18. The van der Waals surface area contributed by atoms with Gasteiger partial charge in [0.15, 0.2) is 0 Å². The lowest BCUT2D eigenvalue weighted by molar-refractivity contribution is 0.0950. The molecule has 0 aliphatic heterocycles. The minimum Gasteiger partial charge on any atom is -0.347 e. The van der Waals surface area contributed by atoms with Crippen LogP contribution in [0.25, 0.3) is 10.1 Å². The van der Waals surface area contributed by atoms with Crippen LogP contribution < -0.4 is 5.32 Å². The summed E-state index contributed by atoms with van der Waals surface area (Å²) in [7, 11) is 2.73. The van der Waals surface area contributed by atoms with Crippen molar-refractivity contribution in [3.63, 3.8) is 0 Å². The number of nitrogens with one attached hydrogen (secondary N) is 2. The minimum absolute atomic E-state index is 0.0983. The van der Waals surface area contributed by atoms with Crippen molar-refractivity contribution in [1.82, 2.24) is 15.3 Å². The Morgan fingerprint density at radius 3 is 3.05 bits per heavy atom. The SMILES string of the molecule is O=C(NCc1ncc[nH]1)c1ccc2sc(CP)c(Br)c2c1. The molecule has 2 aromatic heterocycles. The van der Waals surface area contributed by atoms with E-state index in [1.807, 2.05) is 18.2 Å². The van der Waals surface area contributed by atoms with Crippen LogP contribution in [0.1, 0.15) is 21.1 Å². The molecule has 1 unspecified atom stereocenters. The van der Waals surface area contributed by atoms with Gasteiger partial charge in [0.05, 0.1) is 6.54 Å². The molecule has 3 aromatic rings. The molecule has 1 atom stereocenters. The van der Waals surface area contributed by atoms with Crippen LogP contribution in [0.3, 0.4) is 0 Å². The van der Waals surface area contributed by atoms with Gasteiger partial charge >= 0.3 is 0 Å². The molecule has 2 N–H and O–H groups in total. The first-order chi connectivity index (χ1) is 10.2. The van der Waals surface area contributed by atoms with Gasteiger partial charge in [-0.15, -0.1) is 20.6 Å². The van der Waals surface area contributed by atoms with E-state index in [2.05, 4.69) is 40.5 Å². The summed E-state index contributed by atoms with van der Waals surface area (Å²) in [4.78, 5) is 20.5. The number of aromatic amines is 1. The Hall–Kier alpha value is -1.23. The number of thiophene rings is 1. The number of aromatic nitrogens is 2. The number of fused-ring (bicyclic) bond motifs is 1. The molecular formula is C14H13BrN3OPS. The van der Waals surface area contributed by atoms with E-state index in [4.69, 9.17) is 0 Å². The third-order valence-electron chi connectivity index (χ3n) is 3.11. The van der Waals surface area contributed by atoms with Crippen LogP contribution in [-0.4, -0.2) is 15.9 Å². The van der Waals surface area contributed by atoms with Crippen LogP contribution in [0.5, 0.6) is 0 Å². The fourth-order valence-electron chi connectivity index (χ4n) is 2.05. The van der Waals surface area contributed by atoms with E-state index >= 15 is 0 Å². The molecule has 108 valence electrons. The van der Waals surface area contributed by atoms with Gasteiger partial charge in [0.1, 0.15) is 5.82 Å². The van der Waals surface area contributed by atoms with Gasteiger partial charge in [0, 0.05) is 37.4 Å². The molecule has 1 aromatic carbocycles. The largest absolute Gasteiger partial charge is 0.347 e. The lowest BCUT2D eigenvalue weighted by Gasteiger charge is -2.03. The molecule has 0 bridgehead atoms. The molecule has 0 radical (unpaired) electrons. The van der Waals surface area contributed by atoms with E-state index < -0.39 is 0 Å². The molecule has 7 heteroatoms. The van der Waals surface area contributed by atoms with Crippen molar-refractivity contribution in [2.24, 2.45) is 0 Å². The van der Waals surface area contributed by atoms with Crippen molar-refractivity contribution in [1.29, 1.82) is 0 Å². The zero-order valence-corrected chi connectivity index (χ0v) is 14.6. The fraction of sp³-hybridized carbons (Fsp3) is 0.143. The highest BCUT2D eigenvalue weighted by atomic mass is 79.9. The highest BCUT2D eigenvalue weighted by Crippen LogP contribution is 2.37. The number of halogens is 1. The van der Waals surface area contributed by atoms with Crippen LogP contribution in [0.2, 0.25) is 0 Å². The molecule has 1 amide bonds. The van der Waals surface area contributed by atoms with Gasteiger partial charge in [0.25, 0.3) is 5.91 Å². The lowest BCUT2D eigenvalue weighted by atomic mass is 10.1. The maximum Gasteiger partial charge on any atom is 0.251 e. The van der Waals surface area contributed by atoms with Gasteiger partial charge < -0.3 is 10.3 Å². The zero-order chi connectivity index (χ0) is 14.8. The number of hydrogen-bond acceptors (Lipinski definition) is 3. The van der Waals surface area contributed by atoms with E-state index in [1.54, 1.807) is 23.7 Å². The average Bonchev–Trinajstić information content (AvgIpc) is 3.12. The second kappa shape index (κ2) is 6.26. The Morgan fingerprint density at radius 1 is 1.48 bits per heavy atom. The summed E-state index contributed by atoms with van der Waals surface area (Å²) in [5, 5.41) is 3.94. The first-order valence-electron chi connectivity index (χ1n) is 6.36. The number of carbonyl (C=O) groups is 1. The molecule has 0 saturated heterocycles. The van der Waals surface area contributed by atoms with Crippen molar-refractivity contribution < 1.29 is 4.79 Å². The second-order valence-corrected chi connectivity index (χ2v) is 6.81. The summed E-state index contributed by atoms with van der Waals surface area (Å²) < 4.78 is 2.26. The summed E-state index contributed by atoms with van der Waals surface area (Å²) in [6.45, 7) is 0.394. The second-order valence-electron chi connectivity index (χ2n) is 4.47. The van der Waals surface area contributed by atoms with E-state index in [0.29, 0.717) is 12.1 Å². The van der Waals surface area contributed by atoms with Crippen LogP contribution in [0, 0.1) is 0 Å². The van der Waals surface area contributed by atoms with Gasteiger partial charge in [0.2, 0.25) is 0 Å². The molecular weight excluding hydrogens is 369 g/mol. The summed E-state index contributed by atoms with van der Waals surface area (Å²) in [5.41, 5.74) is 0.655. The highest BCUT2D eigenvalue weighted by molar-refractivity contribution is 9.10. The Balaban J connectivity index is 1.83. The summed E-state index contributed by atoms with van der Waals surface area (Å²) >= 11 is 5.36. The van der Waals surface area contributed by atoms with E-state index in [-0.39, 0.29) is 5.91 Å². The fourth-order valence-corrected chi connectivity index (χ4v) is 4.62. The van der Waals surface area contributed by atoms with Gasteiger partial charge in [-0.2, -0.15) is 0 Å². The number of H-pyrrole nitrogens is 1. The van der Waals surface area contributed by atoms with Crippen LogP contribution in [-0.2, 0) is 12.7 Å². The quantitative estimate of drug-likeness (QED) is 0.677. The number of nitrogens with zero attached hydrogens (tertiary/aromatic N) is 1. The topological polar surface area (TPSA) is 57.8 Å². The molecule has 0 aliphatic rings. The standard InChI is InChI=1S/C14H13BrN3OPS/c15-13-9-5-8(1-2-10(9)21-11(13)7-20)14(19)18-6-12-16-3-4-17-12/h1-5H,6-7,20H2,(H,16,17)(H,18,19). The van der Waals surface area contributed by atoms with E-state index in [0.717, 1.165) is 21.8 Å². The van der Waals surface area contributed by atoms with Crippen molar-refractivity contribution in [3.8, 4) is 0 Å². The van der Waals surface area contributed by atoms with Gasteiger partial charge in [-0.1, -0.05) is 0 Å². The monoisotopic (exact) mass is 381 g/mol. The number of amides is 1. The number of imidazole rings is 1. The zero-order valence-electron chi connectivity index (χ0n) is 11.0. The Kier molecular flexibility index (Phi) is 4.38. The Morgan fingerprint density at radius 2 is 2.33 bits per heavy atom. The molecule has 21 heavy (non-hydrogen) atoms. The predicted octanol–water partition coefficient (Wildman–Crippen LogP) is 3.69. The highest BCUT2D eigenvalue weighted by Gasteiger charge is 2.12. The lowest BCUT2D eigenvalue weighted by Crippen LogP contribution is -2.23. The predicted molar refractivity (Wildman–Crippen MR) is 92.7 cm³/mol. The van der Waals surface area contributed by atoms with Crippen LogP contribution >= 0.6 is 36.5 Å². The van der Waals surface area contributed by atoms with E-state index in [9.17, 15) is 4.79 Å². The molecule has 4 nitrogen and oxygen atoms in total. The summed E-state index contributed by atoms with van der Waals surface area (Å²) in [6, 6.07) is 5.78. The number of carbonyl (C=O) groups excluding carboxylic acids is 1. The molecule has 3 rings (SSSR count). The molecule has 0 saturated carbocycles. The van der Waals surface area contributed by atoms with Crippen molar-refractivity contribution in [2.75, 3.05) is 0 Å². The number of hydrogen-bond donors (Lipinski definition) is 2. The Labute approximate surface area is 136 Å². The molecule has 0 spiro atoms. The first-order valence-corrected chi connectivity index (χ1v) is 8.79. The van der Waals surface area contributed by atoms with Gasteiger partial charge in [-0.25, -0.2) is 4.98 Å². The van der Waals surface area contributed by atoms with Crippen LogP contribution in [0.15, 0.2) is 35.1 Å². The molecule has 2 heterocycles. The maximum atomic E-state index is 12.2. The maximum absolute atomic E-state index is 12.2. The number of benzene rings is 1. The van der Waals surface area contributed by atoms with E-state index in [1.165, 1.54) is 9.58 Å². The minimum atomic E-state index is -0.0983. The number of rotatable bonds is 4. The van der Waals surface area contributed by atoms with Crippen molar-refractivity contribution in [3.05, 3.63) is 51.3 Å².